The van der Waals surface area contributed by atoms with E-state index in [1.165, 1.54) is 18.2 Å². The third-order valence-corrected chi connectivity index (χ3v) is 4.59. The van der Waals surface area contributed by atoms with Gasteiger partial charge in [0.15, 0.2) is 0 Å². The number of halogens is 1. The van der Waals surface area contributed by atoms with E-state index in [1.54, 1.807) is 30.2 Å². The van der Waals surface area contributed by atoms with Crippen LogP contribution >= 0.6 is 0 Å². The number of hydrogen-bond donors (Lipinski definition) is 3. The fourth-order valence-corrected chi connectivity index (χ4v) is 3.07. The zero-order chi connectivity index (χ0) is 22.8. The summed E-state index contributed by atoms with van der Waals surface area (Å²) in [4.78, 5) is 26.6. The normalized spacial score (nSPS) is 10.2. The molecule has 0 unspecified atom stereocenters. The van der Waals surface area contributed by atoms with Crippen molar-refractivity contribution >= 4 is 29.1 Å². The molecule has 0 aliphatic heterocycles. The summed E-state index contributed by atoms with van der Waals surface area (Å²) in [6.07, 6.45) is 0.505. The molecule has 0 saturated carbocycles. The van der Waals surface area contributed by atoms with E-state index in [0.717, 1.165) is 5.69 Å². The Balaban J connectivity index is 1.58. The van der Waals surface area contributed by atoms with Crippen LogP contribution in [0.1, 0.15) is 6.42 Å². The highest BCUT2D eigenvalue weighted by Crippen LogP contribution is 2.24. The molecule has 0 aromatic heterocycles. The standard InChI is InChI=1S/C24H25FN4O3/c1-32-22-14-6-5-13-21(22)28-24(31)29(20-11-3-2-4-12-20)16-8-15-26-23(30)27-19-10-7-9-18(25)17-19/h2-7,9-14,17H,8,15-16H2,1H3,(H,28,31)(H2,26,27,30). The lowest BCUT2D eigenvalue weighted by atomic mass is 10.2. The van der Waals surface area contributed by atoms with Crippen molar-refractivity contribution in [1.82, 2.24) is 5.32 Å². The number of ether oxygens (including phenoxy) is 1. The van der Waals surface area contributed by atoms with E-state index in [0.29, 0.717) is 36.6 Å². The molecular formula is C24H25FN4O3. The lowest BCUT2D eigenvalue weighted by Crippen LogP contribution is -2.38. The molecule has 3 N–H and O–H groups in total. The molecule has 0 radical (unpaired) electrons. The lowest BCUT2D eigenvalue weighted by molar-refractivity contribution is 0.252. The van der Waals surface area contributed by atoms with E-state index >= 15 is 0 Å². The van der Waals surface area contributed by atoms with Crippen LogP contribution in [-0.4, -0.2) is 32.3 Å². The van der Waals surface area contributed by atoms with Crippen molar-refractivity contribution in [3.63, 3.8) is 0 Å². The van der Waals surface area contributed by atoms with E-state index < -0.39 is 11.8 Å². The highest BCUT2D eigenvalue weighted by Gasteiger charge is 2.17. The third kappa shape index (κ3) is 6.46. The average Bonchev–Trinajstić information content (AvgIpc) is 2.80. The Kier molecular flexibility index (Phi) is 8.02. The van der Waals surface area contributed by atoms with Crippen molar-refractivity contribution in [2.24, 2.45) is 0 Å². The minimum absolute atomic E-state index is 0.315. The molecule has 166 valence electrons. The summed E-state index contributed by atoms with van der Waals surface area (Å²) < 4.78 is 18.5. The van der Waals surface area contributed by atoms with Gasteiger partial charge in [0.25, 0.3) is 0 Å². The number of benzene rings is 3. The van der Waals surface area contributed by atoms with Crippen molar-refractivity contribution in [3.8, 4) is 5.75 Å². The van der Waals surface area contributed by atoms with Gasteiger partial charge >= 0.3 is 12.1 Å². The Morgan fingerprint density at radius 3 is 2.44 bits per heavy atom. The Bertz CT molecular complexity index is 1050. The van der Waals surface area contributed by atoms with Gasteiger partial charge in [0.2, 0.25) is 0 Å². The number of methoxy groups -OCH3 is 1. The first-order chi connectivity index (χ1) is 15.6. The molecule has 3 aromatic carbocycles. The van der Waals surface area contributed by atoms with Crippen LogP contribution in [0.5, 0.6) is 5.75 Å². The fourth-order valence-electron chi connectivity index (χ4n) is 3.07. The average molecular weight is 436 g/mol. The van der Waals surface area contributed by atoms with Crippen LogP contribution in [0.3, 0.4) is 0 Å². The number of urea groups is 2. The summed E-state index contributed by atoms with van der Waals surface area (Å²) in [6.45, 7) is 0.692. The van der Waals surface area contributed by atoms with Gasteiger partial charge in [-0.25, -0.2) is 14.0 Å². The molecule has 0 aliphatic carbocycles. The van der Waals surface area contributed by atoms with E-state index in [4.69, 9.17) is 4.74 Å². The van der Waals surface area contributed by atoms with E-state index in [2.05, 4.69) is 16.0 Å². The Labute approximate surface area is 186 Å². The van der Waals surface area contributed by atoms with Crippen LogP contribution in [0.2, 0.25) is 0 Å². The van der Waals surface area contributed by atoms with Crippen LogP contribution in [-0.2, 0) is 0 Å². The topological polar surface area (TPSA) is 82.7 Å². The second kappa shape index (κ2) is 11.4. The second-order valence-electron chi connectivity index (χ2n) is 6.86. The first-order valence-corrected chi connectivity index (χ1v) is 10.1. The molecule has 4 amide bonds. The number of rotatable bonds is 8. The molecule has 0 saturated heterocycles. The molecule has 8 heteroatoms. The van der Waals surface area contributed by atoms with Gasteiger partial charge in [-0.3, -0.25) is 4.90 Å². The van der Waals surface area contributed by atoms with Crippen molar-refractivity contribution < 1.29 is 18.7 Å². The summed E-state index contributed by atoms with van der Waals surface area (Å²) in [5.74, 6) is 0.131. The summed E-state index contributed by atoms with van der Waals surface area (Å²) >= 11 is 0. The number of hydrogen-bond acceptors (Lipinski definition) is 3. The van der Waals surface area contributed by atoms with E-state index in [-0.39, 0.29) is 6.03 Å². The highest BCUT2D eigenvalue weighted by atomic mass is 19.1. The van der Waals surface area contributed by atoms with Crippen molar-refractivity contribution in [3.05, 3.63) is 84.7 Å². The maximum Gasteiger partial charge on any atom is 0.326 e. The zero-order valence-electron chi connectivity index (χ0n) is 17.7. The third-order valence-electron chi connectivity index (χ3n) is 4.59. The van der Waals surface area contributed by atoms with E-state index in [9.17, 15) is 14.0 Å². The predicted molar refractivity (Wildman–Crippen MR) is 124 cm³/mol. The number of carbonyl (C=O) groups is 2. The first kappa shape index (κ1) is 22.6. The number of amides is 4. The van der Waals surface area contributed by atoms with Gasteiger partial charge in [-0.1, -0.05) is 36.4 Å². The van der Waals surface area contributed by atoms with Crippen LogP contribution in [0.4, 0.5) is 31.0 Å². The molecule has 0 heterocycles. The van der Waals surface area contributed by atoms with Gasteiger partial charge in [0, 0.05) is 24.5 Å². The molecule has 7 nitrogen and oxygen atoms in total. The number of nitrogens with one attached hydrogen (secondary N) is 3. The maximum atomic E-state index is 13.2. The summed E-state index contributed by atoms with van der Waals surface area (Å²) in [6, 6.07) is 21.3. The monoisotopic (exact) mass is 436 g/mol. The van der Waals surface area contributed by atoms with Crippen LogP contribution in [0.25, 0.3) is 0 Å². The largest absolute Gasteiger partial charge is 0.495 e. The second-order valence-corrected chi connectivity index (χ2v) is 6.86. The number of nitrogens with zero attached hydrogens (tertiary/aromatic N) is 1. The van der Waals surface area contributed by atoms with Crippen molar-refractivity contribution in [2.45, 2.75) is 6.42 Å². The van der Waals surface area contributed by atoms with Crippen molar-refractivity contribution in [2.75, 3.05) is 35.7 Å². The van der Waals surface area contributed by atoms with Gasteiger partial charge < -0.3 is 20.7 Å². The first-order valence-electron chi connectivity index (χ1n) is 10.1. The molecule has 0 atom stereocenters. The quantitative estimate of drug-likeness (QED) is 0.431. The summed E-state index contributed by atoms with van der Waals surface area (Å²) in [5, 5.41) is 8.16. The Morgan fingerprint density at radius 1 is 0.938 bits per heavy atom. The predicted octanol–water partition coefficient (Wildman–Crippen LogP) is 5.08. The lowest BCUT2D eigenvalue weighted by Gasteiger charge is -2.24. The van der Waals surface area contributed by atoms with Gasteiger partial charge in [0.05, 0.1) is 12.8 Å². The summed E-state index contributed by atoms with van der Waals surface area (Å²) in [5.41, 5.74) is 1.65. The Morgan fingerprint density at radius 2 is 1.69 bits per heavy atom. The van der Waals surface area contributed by atoms with Gasteiger partial charge in [-0.15, -0.1) is 0 Å². The van der Waals surface area contributed by atoms with Gasteiger partial charge in [-0.05, 0) is 48.9 Å². The van der Waals surface area contributed by atoms with Crippen LogP contribution in [0, 0.1) is 5.82 Å². The molecule has 0 aliphatic rings. The van der Waals surface area contributed by atoms with Crippen LogP contribution in [0.15, 0.2) is 78.9 Å². The van der Waals surface area contributed by atoms with Crippen LogP contribution < -0.4 is 25.6 Å². The zero-order valence-corrected chi connectivity index (χ0v) is 17.7. The minimum Gasteiger partial charge on any atom is -0.495 e. The number of carbonyl (C=O) groups excluding carboxylic acids is 2. The molecule has 0 bridgehead atoms. The molecule has 0 spiro atoms. The van der Waals surface area contributed by atoms with Gasteiger partial charge in [0.1, 0.15) is 11.6 Å². The molecule has 0 fully saturated rings. The fraction of sp³-hybridized carbons (Fsp3) is 0.167. The molecule has 3 aromatic rings. The molecular weight excluding hydrogens is 411 g/mol. The summed E-state index contributed by atoms with van der Waals surface area (Å²) in [7, 11) is 1.54. The minimum atomic E-state index is -0.444. The SMILES string of the molecule is COc1ccccc1NC(=O)N(CCCNC(=O)Nc1cccc(F)c1)c1ccccc1. The maximum absolute atomic E-state index is 13.2. The molecule has 3 rings (SSSR count). The molecule has 32 heavy (non-hydrogen) atoms. The number of anilines is 3. The Hall–Kier alpha value is -4.07. The van der Waals surface area contributed by atoms with Crippen molar-refractivity contribution in [1.29, 1.82) is 0 Å². The highest BCUT2D eigenvalue weighted by molar-refractivity contribution is 6.02. The van der Waals surface area contributed by atoms with E-state index in [1.807, 2.05) is 42.5 Å². The smallest absolute Gasteiger partial charge is 0.326 e. The van der Waals surface area contributed by atoms with Gasteiger partial charge in [-0.2, -0.15) is 0 Å². The number of para-hydroxylation sites is 3.